The minimum Gasteiger partial charge on any atom is -0.462 e. The van der Waals surface area contributed by atoms with E-state index < -0.39 is 97.5 Å². The Morgan fingerprint density at radius 2 is 0.554 bits per heavy atom. The van der Waals surface area contributed by atoms with E-state index in [1.54, 1.807) is 0 Å². The van der Waals surface area contributed by atoms with Gasteiger partial charge in [0, 0.05) is 25.7 Å². The highest BCUT2D eigenvalue weighted by molar-refractivity contribution is 7.47. The molecule has 0 saturated heterocycles. The number of hydrogen-bond acceptors (Lipinski definition) is 15. The predicted octanol–water partition coefficient (Wildman–Crippen LogP) is 17.8. The number of hydrogen-bond donors (Lipinski definition) is 3. The highest BCUT2D eigenvalue weighted by atomic mass is 31.2. The number of carbonyl (C=O) groups is 4. The minimum absolute atomic E-state index is 0.105. The summed E-state index contributed by atoms with van der Waals surface area (Å²) < 4.78 is 67.9. The molecular weight excluding hydrogens is 1100 g/mol. The number of phosphoric ester groups is 2. The Morgan fingerprint density at radius 3 is 0.819 bits per heavy atom. The molecule has 0 spiro atoms. The smallest absolute Gasteiger partial charge is 0.462 e. The molecule has 0 heterocycles. The van der Waals surface area contributed by atoms with Gasteiger partial charge in [0.2, 0.25) is 0 Å². The van der Waals surface area contributed by atoms with E-state index >= 15 is 0 Å². The summed E-state index contributed by atoms with van der Waals surface area (Å²) in [6.07, 6.45) is 41.7. The summed E-state index contributed by atoms with van der Waals surface area (Å²) >= 11 is 0. The predicted molar refractivity (Wildman–Crippen MR) is 331 cm³/mol. The van der Waals surface area contributed by atoms with Crippen LogP contribution in [-0.4, -0.2) is 96.7 Å². The van der Waals surface area contributed by atoms with Crippen LogP contribution in [0.5, 0.6) is 0 Å². The summed E-state index contributed by atoms with van der Waals surface area (Å²) in [7, 11) is -9.88. The van der Waals surface area contributed by atoms with Gasteiger partial charge in [-0.1, -0.05) is 272 Å². The number of aliphatic hydroxyl groups is 1. The molecule has 0 aliphatic carbocycles. The van der Waals surface area contributed by atoms with Crippen LogP contribution in [-0.2, 0) is 65.4 Å². The van der Waals surface area contributed by atoms with E-state index in [0.29, 0.717) is 25.7 Å². The quantitative estimate of drug-likeness (QED) is 0.0222. The zero-order chi connectivity index (χ0) is 61.3. The van der Waals surface area contributed by atoms with Gasteiger partial charge in [0.25, 0.3) is 0 Å². The van der Waals surface area contributed by atoms with Crippen molar-refractivity contribution < 1.29 is 80.2 Å². The van der Waals surface area contributed by atoms with Crippen LogP contribution in [0, 0.1) is 5.92 Å². The van der Waals surface area contributed by atoms with Gasteiger partial charge in [0.1, 0.15) is 19.3 Å². The summed E-state index contributed by atoms with van der Waals surface area (Å²) in [6.45, 7) is 7.15. The maximum Gasteiger partial charge on any atom is 0.472 e. The maximum atomic E-state index is 13.0. The minimum atomic E-state index is -4.94. The number of phosphoric acid groups is 2. The van der Waals surface area contributed by atoms with Crippen LogP contribution in [0.4, 0.5) is 0 Å². The molecule has 0 amide bonds. The van der Waals surface area contributed by atoms with Crippen molar-refractivity contribution in [3.63, 3.8) is 0 Å². The van der Waals surface area contributed by atoms with Gasteiger partial charge < -0.3 is 33.8 Å². The van der Waals surface area contributed by atoms with E-state index in [-0.39, 0.29) is 25.7 Å². The van der Waals surface area contributed by atoms with E-state index in [1.807, 2.05) is 0 Å². The van der Waals surface area contributed by atoms with Crippen molar-refractivity contribution in [3.8, 4) is 0 Å². The number of esters is 4. The third kappa shape index (κ3) is 58.8. The monoisotopic (exact) mass is 1230 g/mol. The molecule has 19 heteroatoms. The fourth-order valence-electron chi connectivity index (χ4n) is 9.58. The first-order chi connectivity index (χ1) is 40.0. The van der Waals surface area contributed by atoms with Gasteiger partial charge >= 0.3 is 39.5 Å². The normalized spacial score (nSPS) is 14.2. The van der Waals surface area contributed by atoms with Crippen molar-refractivity contribution in [2.24, 2.45) is 5.92 Å². The molecule has 17 nitrogen and oxygen atoms in total. The van der Waals surface area contributed by atoms with E-state index in [0.717, 1.165) is 109 Å². The van der Waals surface area contributed by atoms with Crippen molar-refractivity contribution >= 4 is 39.5 Å². The van der Waals surface area contributed by atoms with E-state index in [4.69, 9.17) is 37.0 Å². The Labute approximate surface area is 505 Å². The van der Waals surface area contributed by atoms with Crippen molar-refractivity contribution in [3.05, 3.63) is 0 Å². The molecule has 0 bridgehead atoms. The SMILES string of the molecule is CCCCCCCCCCCCCCCC(=O)OC[C@H](COP(=O)(O)OC[C@@H](O)COP(=O)(O)OC[C@@H](COC(=O)CCCCCCCCCC)OC(=O)CCCCCCCCCC)OC(=O)CCCCCCCCCCCCCC(C)C. The summed E-state index contributed by atoms with van der Waals surface area (Å²) in [4.78, 5) is 72.1. The molecule has 5 atom stereocenters. The van der Waals surface area contributed by atoms with E-state index in [9.17, 15) is 43.2 Å². The van der Waals surface area contributed by atoms with Gasteiger partial charge in [-0.3, -0.25) is 37.3 Å². The molecule has 3 N–H and O–H groups in total. The molecule has 0 aromatic carbocycles. The fourth-order valence-corrected chi connectivity index (χ4v) is 11.2. The lowest BCUT2D eigenvalue weighted by Crippen LogP contribution is -2.30. The number of rotatable bonds is 64. The van der Waals surface area contributed by atoms with Crippen LogP contribution < -0.4 is 0 Å². The zero-order valence-electron chi connectivity index (χ0n) is 53.3. The van der Waals surface area contributed by atoms with Gasteiger partial charge in [0.15, 0.2) is 12.2 Å². The highest BCUT2D eigenvalue weighted by Crippen LogP contribution is 2.45. The molecule has 0 aliphatic heterocycles. The van der Waals surface area contributed by atoms with Crippen molar-refractivity contribution in [1.29, 1.82) is 0 Å². The lowest BCUT2D eigenvalue weighted by Gasteiger charge is -2.21. The first-order valence-corrected chi connectivity index (χ1v) is 36.6. The second-order valence-electron chi connectivity index (χ2n) is 23.6. The van der Waals surface area contributed by atoms with Gasteiger partial charge in [-0.05, 0) is 31.6 Å². The lowest BCUT2D eigenvalue weighted by atomic mass is 10.0. The highest BCUT2D eigenvalue weighted by Gasteiger charge is 2.30. The summed E-state index contributed by atoms with van der Waals surface area (Å²) in [6, 6.07) is 0. The largest absolute Gasteiger partial charge is 0.472 e. The Bertz CT molecular complexity index is 1620. The van der Waals surface area contributed by atoms with Crippen molar-refractivity contribution in [2.75, 3.05) is 39.6 Å². The van der Waals surface area contributed by atoms with E-state index in [2.05, 4.69) is 34.6 Å². The van der Waals surface area contributed by atoms with Gasteiger partial charge in [-0.15, -0.1) is 0 Å². The number of aliphatic hydroxyl groups excluding tert-OH is 1. The second kappa shape index (κ2) is 57.8. The fraction of sp³-hybridized carbons (Fsp3) is 0.938. The second-order valence-corrected chi connectivity index (χ2v) is 26.5. The molecule has 0 radical (unpaired) electrons. The lowest BCUT2D eigenvalue weighted by molar-refractivity contribution is -0.161. The van der Waals surface area contributed by atoms with Gasteiger partial charge in [-0.2, -0.15) is 0 Å². The standard InChI is InChI=1S/C64H124O17P2/c1-6-9-12-15-18-21-22-23-26-29-34-38-43-48-62(67)75-54-60(81-64(69)50-45-40-35-30-27-24-25-28-31-36-41-46-57(4)5)56-79-83(72,73)77-52-58(65)51-76-82(70,71)78-55-59(80-63(68)49-44-39-33-20-17-14-11-8-3)53-74-61(66)47-42-37-32-19-16-13-10-7-2/h57-60,65H,6-56H2,1-5H3,(H,70,71)(H,72,73)/t58-,59+,60+/m0/s1. The van der Waals surface area contributed by atoms with Gasteiger partial charge in [-0.25, -0.2) is 9.13 Å². The first kappa shape index (κ1) is 81.1. The van der Waals surface area contributed by atoms with Crippen LogP contribution in [0.25, 0.3) is 0 Å². The van der Waals surface area contributed by atoms with Gasteiger partial charge in [0.05, 0.1) is 26.4 Å². The Kier molecular flexibility index (Phi) is 56.4. The van der Waals surface area contributed by atoms with Crippen LogP contribution in [0.3, 0.4) is 0 Å². The zero-order valence-corrected chi connectivity index (χ0v) is 55.1. The third-order valence-corrected chi connectivity index (χ3v) is 16.7. The molecule has 0 aromatic rings. The molecule has 492 valence electrons. The third-order valence-electron chi connectivity index (χ3n) is 14.8. The summed E-state index contributed by atoms with van der Waals surface area (Å²) in [5.41, 5.74) is 0. The van der Waals surface area contributed by atoms with Crippen LogP contribution in [0.1, 0.15) is 324 Å². The number of ether oxygens (including phenoxy) is 4. The van der Waals surface area contributed by atoms with Crippen molar-refractivity contribution in [2.45, 2.75) is 342 Å². The Hall–Kier alpha value is -1.94. The molecule has 0 aliphatic rings. The molecule has 0 fully saturated rings. The van der Waals surface area contributed by atoms with Crippen LogP contribution >= 0.6 is 15.6 Å². The summed E-state index contributed by atoms with van der Waals surface area (Å²) in [5, 5.41) is 10.5. The summed E-state index contributed by atoms with van der Waals surface area (Å²) in [5.74, 6) is -1.37. The molecule has 0 aromatic heterocycles. The molecule has 0 rings (SSSR count). The number of unbranched alkanes of at least 4 members (excludes halogenated alkanes) is 36. The van der Waals surface area contributed by atoms with Crippen LogP contribution in [0.15, 0.2) is 0 Å². The molecular formula is C64H124O17P2. The first-order valence-electron chi connectivity index (χ1n) is 33.6. The average Bonchev–Trinajstić information content (AvgIpc) is 3.45. The average molecular weight is 1230 g/mol. The molecule has 83 heavy (non-hydrogen) atoms. The van der Waals surface area contributed by atoms with Crippen LogP contribution in [0.2, 0.25) is 0 Å². The molecule has 2 unspecified atom stereocenters. The number of carbonyl (C=O) groups excluding carboxylic acids is 4. The molecule has 0 saturated carbocycles. The van der Waals surface area contributed by atoms with E-state index in [1.165, 1.54) is 135 Å². The van der Waals surface area contributed by atoms with Crippen molar-refractivity contribution in [1.82, 2.24) is 0 Å². The Balaban J connectivity index is 5.20. The maximum absolute atomic E-state index is 13.0. The Morgan fingerprint density at radius 1 is 0.325 bits per heavy atom. The topological polar surface area (TPSA) is 237 Å².